The van der Waals surface area contributed by atoms with E-state index in [4.69, 9.17) is 21.3 Å². The van der Waals surface area contributed by atoms with Crippen molar-refractivity contribution >= 4 is 29.1 Å². The molecule has 0 saturated carbocycles. The van der Waals surface area contributed by atoms with Gasteiger partial charge in [-0.05, 0) is 44.0 Å². The Hall–Kier alpha value is -2.86. The van der Waals surface area contributed by atoms with Crippen LogP contribution in [0.3, 0.4) is 0 Å². The Balaban J connectivity index is 1.61. The molecule has 156 valence electrons. The molecule has 30 heavy (non-hydrogen) atoms. The summed E-state index contributed by atoms with van der Waals surface area (Å²) in [6.07, 6.45) is 3.68. The number of piperidine rings is 1. The highest BCUT2D eigenvalue weighted by molar-refractivity contribution is 6.30. The van der Waals surface area contributed by atoms with E-state index in [0.717, 1.165) is 35.4 Å². The number of benzene rings is 1. The number of likely N-dealkylation sites (tertiary alicyclic amines) is 1. The first-order chi connectivity index (χ1) is 14.6. The highest BCUT2D eigenvalue weighted by Crippen LogP contribution is 2.27. The molecule has 7 heteroatoms. The van der Waals surface area contributed by atoms with Gasteiger partial charge in [0, 0.05) is 29.9 Å². The second-order valence-electron chi connectivity index (χ2n) is 7.45. The molecule has 0 spiro atoms. The molecule has 0 radical (unpaired) electrons. The predicted molar refractivity (Wildman–Crippen MR) is 115 cm³/mol. The maximum absolute atomic E-state index is 13.2. The van der Waals surface area contributed by atoms with Crippen molar-refractivity contribution in [3.8, 4) is 11.3 Å². The van der Waals surface area contributed by atoms with Gasteiger partial charge in [-0.1, -0.05) is 29.8 Å². The molecule has 4 rings (SSSR count). The van der Waals surface area contributed by atoms with Gasteiger partial charge >= 0.3 is 5.97 Å². The lowest BCUT2D eigenvalue weighted by Gasteiger charge is -2.31. The lowest BCUT2D eigenvalue weighted by Crippen LogP contribution is -2.43. The monoisotopic (exact) mass is 425 g/mol. The number of hydrogen-bond acceptors (Lipinski definition) is 4. The first-order valence-electron chi connectivity index (χ1n) is 10.2. The lowest BCUT2D eigenvalue weighted by molar-refractivity contribution is -0.151. The minimum atomic E-state index is -0.249. The standard InChI is InChI=1S/C23H24ClN3O3/c1-2-30-23(29)17-6-5-12-26(15-17)21(28)14-19-22(16-8-10-18(24)11-9-16)25-20-7-3-4-13-27(19)20/h3-4,7-11,13,17H,2,5-6,12,14-15H2,1H3. The summed E-state index contributed by atoms with van der Waals surface area (Å²) in [5, 5.41) is 0.651. The van der Waals surface area contributed by atoms with E-state index in [-0.39, 0.29) is 24.2 Å². The highest BCUT2D eigenvalue weighted by atomic mass is 35.5. The van der Waals surface area contributed by atoms with Crippen LogP contribution >= 0.6 is 11.6 Å². The summed E-state index contributed by atoms with van der Waals surface area (Å²) in [4.78, 5) is 31.9. The van der Waals surface area contributed by atoms with Gasteiger partial charge in [0.25, 0.3) is 0 Å². The molecule has 0 aliphatic carbocycles. The van der Waals surface area contributed by atoms with E-state index in [9.17, 15) is 9.59 Å². The Morgan fingerprint density at radius 1 is 1.20 bits per heavy atom. The largest absolute Gasteiger partial charge is 0.466 e. The zero-order valence-electron chi connectivity index (χ0n) is 16.9. The fourth-order valence-electron chi connectivity index (χ4n) is 3.97. The molecule has 1 fully saturated rings. The van der Waals surface area contributed by atoms with Gasteiger partial charge in [-0.2, -0.15) is 0 Å². The van der Waals surface area contributed by atoms with Crippen LogP contribution in [0.5, 0.6) is 0 Å². The van der Waals surface area contributed by atoms with Crippen molar-refractivity contribution in [2.45, 2.75) is 26.2 Å². The second kappa shape index (κ2) is 8.88. The number of amides is 1. The Kier molecular flexibility index (Phi) is 6.04. The number of ether oxygens (including phenoxy) is 1. The van der Waals surface area contributed by atoms with Gasteiger partial charge in [0.15, 0.2) is 0 Å². The van der Waals surface area contributed by atoms with Crippen molar-refractivity contribution in [3.05, 3.63) is 59.4 Å². The van der Waals surface area contributed by atoms with Crippen LogP contribution in [0.4, 0.5) is 0 Å². The van der Waals surface area contributed by atoms with Crippen LogP contribution in [-0.2, 0) is 20.7 Å². The molecule has 1 aliphatic rings. The number of hydrogen-bond donors (Lipinski definition) is 0. The van der Waals surface area contributed by atoms with Crippen molar-refractivity contribution in [2.24, 2.45) is 5.92 Å². The Labute approximate surface area is 180 Å². The molecule has 1 atom stereocenters. The zero-order chi connectivity index (χ0) is 21.1. The fraction of sp³-hybridized carbons (Fsp3) is 0.348. The predicted octanol–water partition coefficient (Wildman–Crippen LogP) is 4.00. The minimum absolute atomic E-state index is 0.00938. The van der Waals surface area contributed by atoms with E-state index in [1.807, 2.05) is 53.1 Å². The zero-order valence-corrected chi connectivity index (χ0v) is 17.6. The molecule has 1 aliphatic heterocycles. The Morgan fingerprint density at radius 2 is 2.00 bits per heavy atom. The molecular formula is C23H24ClN3O3. The lowest BCUT2D eigenvalue weighted by atomic mass is 9.97. The third-order valence-corrected chi connectivity index (χ3v) is 5.71. The summed E-state index contributed by atoms with van der Waals surface area (Å²) >= 11 is 6.04. The van der Waals surface area contributed by atoms with E-state index in [1.165, 1.54) is 0 Å². The Morgan fingerprint density at radius 3 is 2.77 bits per heavy atom. The third kappa shape index (κ3) is 4.19. The Bertz CT molecular complexity index is 1060. The van der Waals surface area contributed by atoms with Crippen molar-refractivity contribution in [3.63, 3.8) is 0 Å². The summed E-state index contributed by atoms with van der Waals surface area (Å²) < 4.78 is 7.11. The van der Waals surface area contributed by atoms with Gasteiger partial charge in [0.2, 0.25) is 5.91 Å². The molecular weight excluding hydrogens is 402 g/mol. The number of carbonyl (C=O) groups excluding carboxylic acids is 2. The summed E-state index contributed by atoms with van der Waals surface area (Å²) in [5.74, 6) is -0.475. The van der Waals surface area contributed by atoms with Crippen LogP contribution in [0.2, 0.25) is 5.02 Å². The summed E-state index contributed by atoms with van der Waals surface area (Å²) in [6, 6.07) is 13.2. The van der Waals surface area contributed by atoms with E-state index < -0.39 is 0 Å². The summed E-state index contributed by atoms with van der Waals surface area (Å²) in [7, 11) is 0. The molecule has 6 nitrogen and oxygen atoms in total. The van der Waals surface area contributed by atoms with Gasteiger partial charge in [-0.15, -0.1) is 0 Å². The fourth-order valence-corrected chi connectivity index (χ4v) is 4.09. The smallest absolute Gasteiger partial charge is 0.310 e. The van der Waals surface area contributed by atoms with Crippen LogP contribution < -0.4 is 0 Å². The van der Waals surface area contributed by atoms with Gasteiger partial charge in [-0.25, -0.2) is 4.98 Å². The maximum Gasteiger partial charge on any atom is 0.310 e. The summed E-state index contributed by atoms with van der Waals surface area (Å²) in [5.41, 5.74) is 3.29. The summed E-state index contributed by atoms with van der Waals surface area (Å²) in [6.45, 7) is 3.22. The van der Waals surface area contributed by atoms with Crippen molar-refractivity contribution in [1.82, 2.24) is 14.3 Å². The third-order valence-electron chi connectivity index (χ3n) is 5.46. The number of pyridine rings is 1. The average molecular weight is 426 g/mol. The van der Waals surface area contributed by atoms with Gasteiger partial charge < -0.3 is 14.0 Å². The number of imidazole rings is 1. The van der Waals surface area contributed by atoms with Crippen molar-refractivity contribution in [1.29, 1.82) is 0 Å². The molecule has 1 aromatic carbocycles. The van der Waals surface area contributed by atoms with E-state index in [0.29, 0.717) is 24.7 Å². The van der Waals surface area contributed by atoms with Gasteiger partial charge in [-0.3, -0.25) is 9.59 Å². The SMILES string of the molecule is CCOC(=O)C1CCCN(C(=O)Cc2c(-c3ccc(Cl)cc3)nc3ccccn23)C1. The van der Waals surface area contributed by atoms with E-state index in [2.05, 4.69) is 0 Å². The first-order valence-corrected chi connectivity index (χ1v) is 10.6. The quantitative estimate of drug-likeness (QED) is 0.579. The van der Waals surface area contributed by atoms with Crippen LogP contribution in [0.1, 0.15) is 25.5 Å². The maximum atomic E-state index is 13.2. The van der Waals surface area contributed by atoms with Crippen LogP contribution in [-0.4, -0.2) is 45.9 Å². The number of fused-ring (bicyclic) bond motifs is 1. The normalized spacial score (nSPS) is 16.6. The van der Waals surface area contributed by atoms with Gasteiger partial charge in [0.05, 0.1) is 30.3 Å². The van der Waals surface area contributed by atoms with Crippen molar-refractivity contribution in [2.75, 3.05) is 19.7 Å². The second-order valence-corrected chi connectivity index (χ2v) is 7.89. The molecule has 2 aromatic heterocycles. The number of nitrogens with zero attached hydrogens (tertiary/aromatic N) is 3. The number of carbonyl (C=O) groups is 2. The molecule has 3 aromatic rings. The average Bonchev–Trinajstić information content (AvgIpc) is 3.13. The topological polar surface area (TPSA) is 63.9 Å². The van der Waals surface area contributed by atoms with E-state index in [1.54, 1.807) is 11.8 Å². The molecule has 0 bridgehead atoms. The minimum Gasteiger partial charge on any atom is -0.466 e. The molecule has 0 N–H and O–H groups in total. The number of aromatic nitrogens is 2. The number of esters is 1. The molecule has 3 heterocycles. The number of rotatable bonds is 5. The number of halogens is 1. The van der Waals surface area contributed by atoms with Gasteiger partial charge in [0.1, 0.15) is 5.65 Å². The highest BCUT2D eigenvalue weighted by Gasteiger charge is 2.30. The van der Waals surface area contributed by atoms with Crippen LogP contribution in [0.15, 0.2) is 48.7 Å². The van der Waals surface area contributed by atoms with Crippen LogP contribution in [0.25, 0.3) is 16.9 Å². The molecule has 1 unspecified atom stereocenters. The first kappa shape index (κ1) is 20.4. The van der Waals surface area contributed by atoms with Crippen molar-refractivity contribution < 1.29 is 14.3 Å². The molecule has 1 amide bonds. The van der Waals surface area contributed by atoms with E-state index >= 15 is 0 Å². The van der Waals surface area contributed by atoms with Crippen LogP contribution in [0, 0.1) is 5.92 Å². The molecule has 1 saturated heterocycles.